The predicted molar refractivity (Wildman–Crippen MR) is 56.6 cm³/mol. The van der Waals surface area contributed by atoms with Gasteiger partial charge in [-0.25, -0.2) is 13.6 Å². The van der Waals surface area contributed by atoms with E-state index in [1.165, 1.54) is 11.3 Å². The molecule has 1 unspecified atom stereocenters. The van der Waals surface area contributed by atoms with Crippen LogP contribution in [0, 0.1) is 0 Å². The number of carbonyl (C=O) groups is 1. The van der Waals surface area contributed by atoms with E-state index in [1.54, 1.807) is 4.90 Å². The van der Waals surface area contributed by atoms with Crippen molar-refractivity contribution < 1.29 is 13.6 Å². The molecule has 3 nitrogen and oxygen atoms in total. The van der Waals surface area contributed by atoms with Gasteiger partial charge in [0, 0.05) is 13.1 Å². The Morgan fingerprint density at radius 1 is 1.25 bits per heavy atom. The summed E-state index contributed by atoms with van der Waals surface area (Å²) in [4.78, 5) is 15.0. The fourth-order valence-electron chi connectivity index (χ4n) is 2.63. The van der Waals surface area contributed by atoms with Crippen LogP contribution >= 0.6 is 0 Å². The van der Waals surface area contributed by atoms with Crippen molar-refractivity contribution in [3.63, 3.8) is 0 Å². The van der Waals surface area contributed by atoms with Gasteiger partial charge in [0.1, 0.15) is 0 Å². The highest BCUT2D eigenvalue weighted by molar-refractivity contribution is 5.77. The number of urea groups is 1. The van der Waals surface area contributed by atoms with Crippen molar-refractivity contribution in [2.45, 2.75) is 44.6 Å². The molecule has 0 aromatic carbocycles. The topological polar surface area (TPSA) is 23.6 Å². The molecule has 1 atom stereocenters. The second-order valence-corrected chi connectivity index (χ2v) is 4.63. The zero-order chi connectivity index (χ0) is 11.5. The fraction of sp³-hybridized carbons (Fsp3) is 0.909. The van der Waals surface area contributed by atoms with Crippen molar-refractivity contribution in [3.8, 4) is 0 Å². The molecule has 0 aliphatic carbocycles. The first-order valence-corrected chi connectivity index (χ1v) is 6.02. The van der Waals surface area contributed by atoms with Gasteiger partial charge in [-0.05, 0) is 12.8 Å². The van der Waals surface area contributed by atoms with Crippen molar-refractivity contribution in [2.75, 3.05) is 19.6 Å². The van der Waals surface area contributed by atoms with Crippen LogP contribution in [0.5, 0.6) is 0 Å². The summed E-state index contributed by atoms with van der Waals surface area (Å²) >= 11 is 0. The van der Waals surface area contributed by atoms with Gasteiger partial charge in [0.15, 0.2) is 0 Å². The summed E-state index contributed by atoms with van der Waals surface area (Å²) in [6.45, 7) is 0.818. The first kappa shape index (κ1) is 11.6. The van der Waals surface area contributed by atoms with Gasteiger partial charge in [-0.1, -0.05) is 19.3 Å². The zero-order valence-electron chi connectivity index (χ0n) is 9.37. The number of hydrogen-bond donors (Lipinski definition) is 0. The summed E-state index contributed by atoms with van der Waals surface area (Å²) in [7, 11) is 0. The van der Waals surface area contributed by atoms with Gasteiger partial charge >= 0.3 is 6.03 Å². The van der Waals surface area contributed by atoms with Crippen molar-refractivity contribution in [3.05, 3.63) is 0 Å². The van der Waals surface area contributed by atoms with E-state index in [-0.39, 0.29) is 12.1 Å². The Kier molecular flexibility index (Phi) is 3.61. The Labute approximate surface area is 94.4 Å². The summed E-state index contributed by atoms with van der Waals surface area (Å²) < 4.78 is 24.6. The molecule has 2 rings (SSSR count). The first-order valence-electron chi connectivity index (χ1n) is 6.02. The third-order valence-electron chi connectivity index (χ3n) is 3.43. The molecular formula is C11H18F2N2O. The molecule has 0 N–H and O–H groups in total. The molecule has 2 fully saturated rings. The monoisotopic (exact) mass is 232 g/mol. The van der Waals surface area contributed by atoms with Crippen LogP contribution in [0.4, 0.5) is 13.6 Å². The highest BCUT2D eigenvalue weighted by atomic mass is 19.3. The molecule has 92 valence electrons. The molecule has 2 aliphatic rings. The van der Waals surface area contributed by atoms with Crippen molar-refractivity contribution in [2.24, 2.45) is 0 Å². The Morgan fingerprint density at radius 3 is 2.75 bits per heavy atom. The van der Waals surface area contributed by atoms with Gasteiger partial charge in [-0.2, -0.15) is 0 Å². The summed E-state index contributed by atoms with van der Waals surface area (Å²) in [5.41, 5.74) is 0. The van der Waals surface area contributed by atoms with Crippen LogP contribution < -0.4 is 0 Å². The summed E-state index contributed by atoms with van der Waals surface area (Å²) in [6, 6.07) is -0.0150. The van der Waals surface area contributed by atoms with Crippen LogP contribution in [0.3, 0.4) is 0 Å². The highest BCUT2D eigenvalue weighted by Crippen LogP contribution is 2.24. The molecule has 16 heavy (non-hydrogen) atoms. The van der Waals surface area contributed by atoms with Gasteiger partial charge in [0.25, 0.3) is 6.43 Å². The van der Waals surface area contributed by atoms with Gasteiger partial charge in [-0.15, -0.1) is 0 Å². The summed E-state index contributed by atoms with van der Waals surface area (Å²) in [5, 5.41) is 0. The summed E-state index contributed by atoms with van der Waals surface area (Å²) in [5.74, 6) is 0. The van der Waals surface area contributed by atoms with Crippen LogP contribution in [-0.4, -0.2) is 47.9 Å². The SMILES string of the molecule is O=C1N(CC(F)F)CC2CCCCCCN12. The minimum atomic E-state index is -2.42. The molecule has 0 spiro atoms. The van der Waals surface area contributed by atoms with Crippen molar-refractivity contribution >= 4 is 6.03 Å². The third-order valence-corrected chi connectivity index (χ3v) is 3.43. The van der Waals surface area contributed by atoms with Crippen molar-refractivity contribution in [1.82, 2.24) is 9.80 Å². The number of halogens is 2. The van der Waals surface area contributed by atoms with E-state index in [4.69, 9.17) is 0 Å². The highest BCUT2D eigenvalue weighted by Gasteiger charge is 2.37. The Morgan fingerprint density at radius 2 is 2.00 bits per heavy atom. The normalized spacial score (nSPS) is 26.9. The molecule has 0 aromatic heterocycles. The van der Waals surface area contributed by atoms with Gasteiger partial charge in [0.05, 0.1) is 12.6 Å². The lowest BCUT2D eigenvalue weighted by Crippen LogP contribution is -2.37. The minimum Gasteiger partial charge on any atom is -0.320 e. The molecule has 2 heterocycles. The average molecular weight is 232 g/mol. The first-order chi connectivity index (χ1) is 7.68. The van der Waals surface area contributed by atoms with Crippen molar-refractivity contribution in [1.29, 1.82) is 0 Å². The number of fused-ring (bicyclic) bond motifs is 1. The molecule has 2 saturated heterocycles. The fourth-order valence-corrected chi connectivity index (χ4v) is 2.63. The molecular weight excluding hydrogens is 214 g/mol. The second-order valence-electron chi connectivity index (χ2n) is 4.63. The Hall–Kier alpha value is -0.870. The maximum absolute atomic E-state index is 12.3. The van der Waals surface area contributed by atoms with E-state index in [9.17, 15) is 13.6 Å². The van der Waals surface area contributed by atoms with E-state index in [0.29, 0.717) is 6.54 Å². The molecule has 0 radical (unpaired) electrons. The number of alkyl halides is 2. The van der Waals surface area contributed by atoms with Gasteiger partial charge in [-0.3, -0.25) is 0 Å². The quantitative estimate of drug-likeness (QED) is 0.716. The minimum absolute atomic E-state index is 0.173. The Bertz CT molecular complexity index is 260. The molecule has 2 aliphatic heterocycles. The smallest absolute Gasteiger partial charge is 0.320 e. The molecule has 0 saturated carbocycles. The number of amides is 2. The van der Waals surface area contributed by atoms with Crippen LogP contribution in [0.2, 0.25) is 0 Å². The summed E-state index contributed by atoms with van der Waals surface area (Å²) in [6.07, 6.45) is 3.00. The molecule has 0 aromatic rings. The lowest BCUT2D eigenvalue weighted by molar-refractivity contribution is 0.105. The number of rotatable bonds is 2. The Balaban J connectivity index is 1.99. The zero-order valence-corrected chi connectivity index (χ0v) is 9.37. The van der Waals surface area contributed by atoms with Gasteiger partial charge < -0.3 is 9.80 Å². The van der Waals surface area contributed by atoms with Crippen LogP contribution in [-0.2, 0) is 0 Å². The molecule has 2 amide bonds. The molecule has 5 heteroatoms. The van der Waals surface area contributed by atoms with Crippen LogP contribution in [0.1, 0.15) is 32.1 Å². The number of nitrogens with zero attached hydrogens (tertiary/aromatic N) is 2. The maximum atomic E-state index is 12.3. The van der Waals surface area contributed by atoms with Gasteiger partial charge in [0.2, 0.25) is 0 Å². The van der Waals surface area contributed by atoms with E-state index < -0.39 is 13.0 Å². The van der Waals surface area contributed by atoms with Crippen LogP contribution in [0.25, 0.3) is 0 Å². The number of carbonyl (C=O) groups excluding carboxylic acids is 1. The van der Waals surface area contributed by atoms with E-state index in [1.807, 2.05) is 0 Å². The number of hydrogen-bond acceptors (Lipinski definition) is 1. The van der Waals surface area contributed by atoms with E-state index >= 15 is 0 Å². The third kappa shape index (κ3) is 2.44. The van der Waals surface area contributed by atoms with Crippen LogP contribution in [0.15, 0.2) is 0 Å². The lowest BCUT2D eigenvalue weighted by Gasteiger charge is -2.25. The lowest BCUT2D eigenvalue weighted by atomic mass is 10.0. The predicted octanol–water partition coefficient (Wildman–Crippen LogP) is 2.32. The molecule has 0 bridgehead atoms. The maximum Gasteiger partial charge on any atom is 0.320 e. The van der Waals surface area contributed by atoms with E-state index in [0.717, 1.165) is 32.2 Å². The standard InChI is InChI=1S/C11H18F2N2O/c12-10(13)8-14-7-9-5-3-1-2-4-6-15(9)11(14)16/h9-10H,1-8H2. The second kappa shape index (κ2) is 4.97. The average Bonchev–Trinajstić information content (AvgIpc) is 2.43. The van der Waals surface area contributed by atoms with E-state index in [2.05, 4.69) is 0 Å². The largest absolute Gasteiger partial charge is 0.320 e.